The topological polar surface area (TPSA) is 81.0 Å². The van der Waals surface area contributed by atoms with Gasteiger partial charge in [-0.15, -0.1) is 0 Å². The Morgan fingerprint density at radius 3 is 2.83 bits per heavy atom. The molecule has 8 heteroatoms. The molecule has 23 heavy (non-hydrogen) atoms. The molecule has 1 aliphatic rings. The maximum Gasteiger partial charge on any atom is 0.211 e. The summed E-state index contributed by atoms with van der Waals surface area (Å²) in [6.45, 7) is 3.90. The molecule has 0 bridgehead atoms. The molecule has 0 unspecified atom stereocenters. The second kappa shape index (κ2) is 6.37. The Bertz CT molecular complexity index is 787. The van der Waals surface area contributed by atoms with E-state index in [0.29, 0.717) is 13.1 Å². The predicted octanol–water partition coefficient (Wildman–Crippen LogP) is 1.50. The summed E-state index contributed by atoms with van der Waals surface area (Å²) in [7, 11) is -3.16. The zero-order valence-electron chi connectivity index (χ0n) is 13.4. The lowest BCUT2D eigenvalue weighted by atomic mass is 9.96. The second-order valence-corrected chi connectivity index (χ2v) is 7.86. The Balaban J connectivity index is 1.84. The molecule has 0 aliphatic carbocycles. The summed E-state index contributed by atoms with van der Waals surface area (Å²) in [6, 6.07) is 0. The summed E-state index contributed by atoms with van der Waals surface area (Å²) in [4.78, 5) is 8.98. The van der Waals surface area contributed by atoms with Gasteiger partial charge in [0.05, 0.1) is 30.0 Å². The van der Waals surface area contributed by atoms with Crippen LogP contribution < -0.4 is 0 Å². The van der Waals surface area contributed by atoms with Crippen LogP contribution in [0.4, 0.5) is 0 Å². The van der Waals surface area contributed by atoms with Gasteiger partial charge in [0.25, 0.3) is 0 Å². The van der Waals surface area contributed by atoms with Crippen LogP contribution in [-0.4, -0.2) is 51.8 Å². The van der Waals surface area contributed by atoms with Crippen LogP contribution in [0.1, 0.15) is 31.4 Å². The number of rotatable bonds is 4. The van der Waals surface area contributed by atoms with Crippen molar-refractivity contribution in [3.63, 3.8) is 0 Å². The largest absolute Gasteiger partial charge is 0.272 e. The molecule has 0 radical (unpaired) electrons. The number of nitrogens with zero attached hydrogens (tertiary/aromatic N) is 5. The number of piperidine rings is 1. The van der Waals surface area contributed by atoms with Gasteiger partial charge in [0.1, 0.15) is 0 Å². The molecule has 7 nitrogen and oxygen atoms in total. The van der Waals surface area contributed by atoms with E-state index in [2.05, 4.69) is 10.1 Å². The lowest BCUT2D eigenvalue weighted by Crippen LogP contribution is -2.38. The van der Waals surface area contributed by atoms with E-state index in [-0.39, 0.29) is 5.92 Å². The summed E-state index contributed by atoms with van der Waals surface area (Å²) in [5.41, 5.74) is 2.55. The van der Waals surface area contributed by atoms with Gasteiger partial charge in [0, 0.05) is 43.5 Å². The molecule has 1 saturated heterocycles. The Morgan fingerprint density at radius 2 is 2.13 bits per heavy atom. The van der Waals surface area contributed by atoms with Crippen molar-refractivity contribution < 1.29 is 8.42 Å². The Labute approximate surface area is 136 Å². The van der Waals surface area contributed by atoms with Crippen molar-refractivity contribution in [2.45, 2.75) is 32.2 Å². The molecule has 3 rings (SSSR count). The Morgan fingerprint density at radius 1 is 1.30 bits per heavy atom. The first-order valence-electron chi connectivity index (χ1n) is 7.77. The SMILES string of the molecule is CCn1cc(-c2cncc([C@H]3CCCN(S(C)(=O)=O)C3)n2)cn1. The normalized spacial score (nSPS) is 19.8. The average molecular weight is 335 g/mol. The van der Waals surface area contributed by atoms with E-state index < -0.39 is 10.0 Å². The van der Waals surface area contributed by atoms with Gasteiger partial charge in [-0.25, -0.2) is 17.7 Å². The van der Waals surface area contributed by atoms with Crippen molar-refractivity contribution in [3.8, 4) is 11.3 Å². The zero-order chi connectivity index (χ0) is 16.4. The van der Waals surface area contributed by atoms with Crippen molar-refractivity contribution in [3.05, 3.63) is 30.5 Å². The van der Waals surface area contributed by atoms with E-state index in [1.165, 1.54) is 10.6 Å². The third-order valence-electron chi connectivity index (χ3n) is 4.18. The van der Waals surface area contributed by atoms with Crippen LogP contribution in [-0.2, 0) is 16.6 Å². The van der Waals surface area contributed by atoms with E-state index in [4.69, 9.17) is 4.98 Å². The first-order valence-corrected chi connectivity index (χ1v) is 9.62. The van der Waals surface area contributed by atoms with Gasteiger partial charge in [-0.1, -0.05) is 0 Å². The van der Waals surface area contributed by atoms with Crippen molar-refractivity contribution in [2.24, 2.45) is 0 Å². The van der Waals surface area contributed by atoms with E-state index in [1.807, 2.05) is 17.8 Å². The van der Waals surface area contributed by atoms with Gasteiger partial charge in [-0.2, -0.15) is 5.10 Å². The van der Waals surface area contributed by atoms with Gasteiger partial charge < -0.3 is 0 Å². The fraction of sp³-hybridized carbons (Fsp3) is 0.533. The van der Waals surface area contributed by atoms with Crippen LogP contribution in [0.3, 0.4) is 0 Å². The molecule has 0 spiro atoms. The van der Waals surface area contributed by atoms with Crippen LogP contribution in [0.5, 0.6) is 0 Å². The molecule has 0 saturated carbocycles. The predicted molar refractivity (Wildman–Crippen MR) is 87.3 cm³/mol. The highest BCUT2D eigenvalue weighted by Gasteiger charge is 2.28. The van der Waals surface area contributed by atoms with E-state index >= 15 is 0 Å². The molecule has 3 heterocycles. The summed E-state index contributed by atoms with van der Waals surface area (Å²) in [5, 5.41) is 4.26. The van der Waals surface area contributed by atoms with E-state index in [1.54, 1.807) is 18.6 Å². The standard InChI is InChI=1S/C15H21N5O2S/c1-3-19-10-13(7-17-19)15-9-16-8-14(18-15)12-5-4-6-20(11-12)23(2,21)22/h7-10,12H,3-6,11H2,1-2H3/t12-/m0/s1. The molecule has 1 atom stereocenters. The minimum Gasteiger partial charge on any atom is -0.272 e. The van der Waals surface area contributed by atoms with Crippen LogP contribution >= 0.6 is 0 Å². The van der Waals surface area contributed by atoms with Gasteiger partial charge in [0.15, 0.2) is 0 Å². The van der Waals surface area contributed by atoms with Crippen LogP contribution in [0.2, 0.25) is 0 Å². The smallest absolute Gasteiger partial charge is 0.211 e. The average Bonchev–Trinajstić information content (AvgIpc) is 3.03. The van der Waals surface area contributed by atoms with Gasteiger partial charge in [-0.05, 0) is 19.8 Å². The van der Waals surface area contributed by atoms with E-state index in [0.717, 1.165) is 36.3 Å². The molecule has 0 N–H and O–H groups in total. The van der Waals surface area contributed by atoms with Crippen LogP contribution in [0, 0.1) is 0 Å². The number of hydrogen-bond donors (Lipinski definition) is 0. The lowest BCUT2D eigenvalue weighted by molar-refractivity contribution is 0.314. The molecular weight excluding hydrogens is 314 g/mol. The van der Waals surface area contributed by atoms with Crippen LogP contribution in [0.25, 0.3) is 11.3 Å². The molecule has 1 fully saturated rings. The molecular formula is C15H21N5O2S. The quantitative estimate of drug-likeness (QED) is 0.846. The van der Waals surface area contributed by atoms with Crippen molar-refractivity contribution in [1.82, 2.24) is 24.1 Å². The maximum atomic E-state index is 11.8. The van der Waals surface area contributed by atoms with Gasteiger partial charge in [-0.3, -0.25) is 9.67 Å². The zero-order valence-corrected chi connectivity index (χ0v) is 14.2. The van der Waals surface area contributed by atoms with Crippen molar-refractivity contribution in [2.75, 3.05) is 19.3 Å². The van der Waals surface area contributed by atoms with Crippen molar-refractivity contribution >= 4 is 10.0 Å². The second-order valence-electron chi connectivity index (χ2n) is 5.87. The van der Waals surface area contributed by atoms with Crippen molar-refractivity contribution in [1.29, 1.82) is 0 Å². The van der Waals surface area contributed by atoms with Gasteiger partial charge in [0.2, 0.25) is 10.0 Å². The summed E-state index contributed by atoms with van der Waals surface area (Å²) in [6.07, 6.45) is 10.2. The molecule has 124 valence electrons. The molecule has 2 aromatic rings. The Kier molecular flexibility index (Phi) is 4.45. The van der Waals surface area contributed by atoms with E-state index in [9.17, 15) is 8.42 Å². The fourth-order valence-electron chi connectivity index (χ4n) is 2.87. The van der Waals surface area contributed by atoms with Gasteiger partial charge >= 0.3 is 0 Å². The highest BCUT2D eigenvalue weighted by molar-refractivity contribution is 7.88. The number of hydrogen-bond acceptors (Lipinski definition) is 5. The highest BCUT2D eigenvalue weighted by atomic mass is 32.2. The number of sulfonamides is 1. The van der Waals surface area contributed by atoms with Crippen LogP contribution in [0.15, 0.2) is 24.8 Å². The summed E-state index contributed by atoms with van der Waals surface area (Å²) in [5.74, 6) is 0.0899. The first-order chi connectivity index (χ1) is 11.0. The monoisotopic (exact) mass is 335 g/mol. The Hall–Kier alpha value is -1.80. The molecule has 0 aromatic carbocycles. The molecule has 0 amide bonds. The third kappa shape index (κ3) is 3.59. The molecule has 2 aromatic heterocycles. The number of aryl methyl sites for hydroxylation is 1. The highest BCUT2D eigenvalue weighted by Crippen LogP contribution is 2.27. The first kappa shape index (κ1) is 16.1. The minimum atomic E-state index is -3.16. The maximum absolute atomic E-state index is 11.8. The number of aromatic nitrogens is 4. The third-order valence-corrected chi connectivity index (χ3v) is 5.45. The summed E-state index contributed by atoms with van der Waals surface area (Å²) >= 11 is 0. The lowest BCUT2D eigenvalue weighted by Gasteiger charge is -2.30. The molecule has 1 aliphatic heterocycles. The fourth-order valence-corrected chi connectivity index (χ4v) is 3.78. The minimum absolute atomic E-state index is 0.0899. The summed E-state index contributed by atoms with van der Waals surface area (Å²) < 4.78 is 26.9.